The van der Waals surface area contributed by atoms with E-state index in [0.717, 1.165) is 5.02 Å². The molecule has 116 valence electrons. The predicted octanol–water partition coefficient (Wildman–Crippen LogP) is 6.70. The van der Waals surface area contributed by atoms with Crippen molar-refractivity contribution in [3.8, 4) is 11.1 Å². The molecule has 0 radical (unpaired) electrons. The maximum Gasteiger partial charge on any atom is 0.0409 e. The van der Waals surface area contributed by atoms with Crippen molar-refractivity contribution >= 4 is 11.6 Å². The second-order valence-corrected chi connectivity index (χ2v) is 8.92. The lowest BCUT2D eigenvalue weighted by molar-refractivity contribution is 0.0950. The fourth-order valence-electron chi connectivity index (χ4n) is 4.99. The van der Waals surface area contributed by atoms with E-state index in [4.69, 9.17) is 11.6 Å². The predicted molar refractivity (Wildman–Crippen MR) is 96.6 cm³/mol. The number of benzene rings is 2. The van der Waals surface area contributed by atoms with Gasteiger partial charge in [0.05, 0.1) is 0 Å². The molecule has 3 rings (SSSR count). The van der Waals surface area contributed by atoms with Crippen LogP contribution in [0, 0.1) is 10.8 Å². The average molecular weight is 313 g/mol. The number of hydrogen-bond acceptors (Lipinski definition) is 0. The van der Waals surface area contributed by atoms with E-state index in [1.807, 2.05) is 6.07 Å². The molecule has 1 aliphatic rings. The van der Waals surface area contributed by atoms with Gasteiger partial charge in [-0.25, -0.2) is 0 Å². The summed E-state index contributed by atoms with van der Waals surface area (Å²) < 4.78 is 0. The summed E-state index contributed by atoms with van der Waals surface area (Å²) in [5.74, 6) is 0. The second kappa shape index (κ2) is 4.61. The third kappa shape index (κ3) is 1.83. The van der Waals surface area contributed by atoms with Crippen LogP contribution in [-0.4, -0.2) is 0 Å². The van der Waals surface area contributed by atoms with E-state index < -0.39 is 0 Å². The van der Waals surface area contributed by atoms with Crippen LogP contribution < -0.4 is 0 Å². The Morgan fingerprint density at radius 3 is 1.86 bits per heavy atom. The van der Waals surface area contributed by atoms with Gasteiger partial charge in [0.1, 0.15) is 0 Å². The molecule has 22 heavy (non-hydrogen) atoms. The van der Waals surface area contributed by atoms with Crippen LogP contribution in [0.15, 0.2) is 42.5 Å². The van der Waals surface area contributed by atoms with Crippen molar-refractivity contribution < 1.29 is 0 Å². The minimum absolute atomic E-state index is 0.0587. The Kier molecular flexibility index (Phi) is 3.28. The van der Waals surface area contributed by atoms with Crippen LogP contribution in [0.3, 0.4) is 0 Å². The van der Waals surface area contributed by atoms with E-state index in [-0.39, 0.29) is 16.2 Å². The first-order valence-electron chi connectivity index (χ1n) is 8.00. The van der Waals surface area contributed by atoms with Gasteiger partial charge in [-0.05, 0) is 45.2 Å². The molecule has 0 unspecified atom stereocenters. The van der Waals surface area contributed by atoms with Gasteiger partial charge in [-0.1, -0.05) is 83.5 Å². The van der Waals surface area contributed by atoms with Crippen LogP contribution in [-0.2, 0) is 5.41 Å². The van der Waals surface area contributed by atoms with Gasteiger partial charge in [0, 0.05) is 10.4 Å². The molecule has 0 bridgehead atoms. The lowest BCUT2D eigenvalue weighted by Crippen LogP contribution is -2.49. The van der Waals surface area contributed by atoms with Crippen LogP contribution >= 0.6 is 11.6 Å². The topological polar surface area (TPSA) is 0 Å². The lowest BCUT2D eigenvalue weighted by atomic mass is 9.50. The van der Waals surface area contributed by atoms with Crippen LogP contribution in [0.4, 0.5) is 0 Å². The first-order valence-corrected chi connectivity index (χ1v) is 8.38. The Morgan fingerprint density at radius 2 is 1.27 bits per heavy atom. The number of rotatable bonds is 0. The van der Waals surface area contributed by atoms with E-state index in [1.165, 1.54) is 22.3 Å². The number of hydrogen-bond donors (Lipinski definition) is 0. The molecule has 1 heteroatoms. The molecule has 2 aromatic carbocycles. The van der Waals surface area contributed by atoms with Gasteiger partial charge in [-0.3, -0.25) is 0 Å². The molecule has 0 atom stereocenters. The Morgan fingerprint density at radius 1 is 0.727 bits per heavy atom. The normalized spacial score (nSPS) is 16.3. The molecule has 1 aliphatic carbocycles. The maximum atomic E-state index is 6.39. The molecule has 0 heterocycles. The Labute approximate surface area is 139 Å². The van der Waals surface area contributed by atoms with Gasteiger partial charge < -0.3 is 0 Å². The maximum absolute atomic E-state index is 6.39. The molecule has 2 aromatic rings. The summed E-state index contributed by atoms with van der Waals surface area (Å²) in [7, 11) is 0. The van der Waals surface area contributed by atoms with Crippen molar-refractivity contribution in [3.05, 3.63) is 58.6 Å². The summed E-state index contributed by atoms with van der Waals surface area (Å²) >= 11 is 6.39. The van der Waals surface area contributed by atoms with Gasteiger partial charge in [-0.15, -0.1) is 0 Å². The molecule has 0 aliphatic heterocycles. The smallest absolute Gasteiger partial charge is 0.0409 e. The van der Waals surface area contributed by atoms with E-state index in [9.17, 15) is 0 Å². The highest BCUT2D eigenvalue weighted by Crippen LogP contribution is 2.64. The summed E-state index contributed by atoms with van der Waals surface area (Å²) in [4.78, 5) is 0. The third-order valence-electron chi connectivity index (χ3n) is 5.26. The first kappa shape index (κ1) is 15.6. The SMILES string of the molecule is CC(C)(C)C1(C(C)(C)C)c2ccccc2-c2ccc(Cl)cc21. The van der Waals surface area contributed by atoms with Gasteiger partial charge in [0.15, 0.2) is 0 Å². The molecule has 0 fully saturated rings. The van der Waals surface area contributed by atoms with Crippen LogP contribution in [0.25, 0.3) is 11.1 Å². The summed E-state index contributed by atoms with van der Waals surface area (Å²) in [6, 6.07) is 15.2. The Hall–Kier alpha value is -1.27. The van der Waals surface area contributed by atoms with E-state index in [2.05, 4.69) is 77.9 Å². The summed E-state index contributed by atoms with van der Waals surface area (Å²) in [6.45, 7) is 14.1. The fraction of sp³-hybridized carbons (Fsp3) is 0.429. The molecule has 0 nitrogen and oxygen atoms in total. The first-order chi connectivity index (χ1) is 10.1. The monoisotopic (exact) mass is 312 g/mol. The Bertz CT molecular complexity index is 712. The zero-order valence-corrected chi connectivity index (χ0v) is 15.2. The highest BCUT2D eigenvalue weighted by atomic mass is 35.5. The van der Waals surface area contributed by atoms with Gasteiger partial charge in [0.2, 0.25) is 0 Å². The summed E-state index contributed by atoms with van der Waals surface area (Å²) in [5.41, 5.74) is 5.61. The highest BCUT2D eigenvalue weighted by molar-refractivity contribution is 6.30. The average Bonchev–Trinajstić information content (AvgIpc) is 2.67. The highest BCUT2D eigenvalue weighted by Gasteiger charge is 2.57. The standard InChI is InChI=1S/C21H25Cl/c1-19(2,3)21(20(4,5)6)17-10-8-7-9-15(17)16-12-11-14(22)13-18(16)21/h7-13H,1-6H3. The quantitative estimate of drug-likeness (QED) is 0.508. The molecular formula is C21H25Cl. The number of fused-ring (bicyclic) bond motifs is 3. The zero-order valence-electron chi connectivity index (χ0n) is 14.4. The number of halogens is 1. The summed E-state index contributed by atoms with van der Waals surface area (Å²) in [6.07, 6.45) is 0. The largest absolute Gasteiger partial charge is 0.0843 e. The van der Waals surface area contributed by atoms with Crippen molar-refractivity contribution in [1.29, 1.82) is 0 Å². The van der Waals surface area contributed by atoms with E-state index in [1.54, 1.807) is 0 Å². The summed E-state index contributed by atoms with van der Waals surface area (Å²) in [5, 5.41) is 0.824. The molecule has 0 aromatic heterocycles. The molecule has 0 spiro atoms. The molecular weight excluding hydrogens is 288 g/mol. The van der Waals surface area contributed by atoms with Crippen molar-refractivity contribution in [2.45, 2.75) is 47.0 Å². The van der Waals surface area contributed by atoms with E-state index in [0.29, 0.717) is 0 Å². The van der Waals surface area contributed by atoms with E-state index >= 15 is 0 Å². The second-order valence-electron chi connectivity index (χ2n) is 8.49. The molecule has 0 N–H and O–H groups in total. The van der Waals surface area contributed by atoms with Crippen molar-refractivity contribution in [2.24, 2.45) is 10.8 Å². The van der Waals surface area contributed by atoms with Crippen molar-refractivity contribution in [1.82, 2.24) is 0 Å². The minimum Gasteiger partial charge on any atom is -0.0843 e. The Balaban J connectivity index is 2.52. The van der Waals surface area contributed by atoms with Gasteiger partial charge >= 0.3 is 0 Å². The fourth-order valence-corrected chi connectivity index (χ4v) is 5.16. The molecule has 0 saturated carbocycles. The molecule has 0 saturated heterocycles. The van der Waals surface area contributed by atoms with Crippen LogP contribution in [0.1, 0.15) is 52.7 Å². The van der Waals surface area contributed by atoms with Gasteiger partial charge in [0.25, 0.3) is 0 Å². The third-order valence-corrected chi connectivity index (χ3v) is 5.49. The zero-order chi connectivity index (χ0) is 16.3. The minimum atomic E-state index is -0.0587. The molecule has 0 amide bonds. The van der Waals surface area contributed by atoms with Crippen LogP contribution in [0.2, 0.25) is 5.02 Å². The van der Waals surface area contributed by atoms with Crippen molar-refractivity contribution in [2.75, 3.05) is 0 Å². The lowest BCUT2D eigenvalue weighted by Gasteiger charge is -2.53. The van der Waals surface area contributed by atoms with Gasteiger partial charge in [-0.2, -0.15) is 0 Å². The van der Waals surface area contributed by atoms with Crippen molar-refractivity contribution in [3.63, 3.8) is 0 Å². The van der Waals surface area contributed by atoms with Crippen LogP contribution in [0.5, 0.6) is 0 Å².